The highest BCUT2D eigenvalue weighted by Crippen LogP contribution is 2.24. The zero-order valence-corrected chi connectivity index (χ0v) is 21.5. The Hall–Kier alpha value is -3.21. The van der Waals surface area contributed by atoms with Crippen molar-refractivity contribution in [3.63, 3.8) is 0 Å². The van der Waals surface area contributed by atoms with Crippen LogP contribution in [-0.2, 0) is 10.0 Å². The average Bonchev–Trinajstić information content (AvgIpc) is 2.76. The molecule has 0 aliphatic rings. The van der Waals surface area contributed by atoms with E-state index < -0.39 is 22.0 Å². The van der Waals surface area contributed by atoms with Gasteiger partial charge >= 0.3 is 6.03 Å². The number of hydrogen-bond donors (Lipinski definition) is 2. The molecule has 35 heavy (non-hydrogen) atoms. The van der Waals surface area contributed by atoms with E-state index in [1.807, 2.05) is 6.92 Å². The zero-order chi connectivity index (χ0) is 25.8. The minimum absolute atomic E-state index is 0.00342. The summed E-state index contributed by atoms with van der Waals surface area (Å²) in [6.07, 6.45) is 0.557. The first-order chi connectivity index (χ1) is 16.5. The van der Waals surface area contributed by atoms with Gasteiger partial charge in [0.05, 0.1) is 15.5 Å². The summed E-state index contributed by atoms with van der Waals surface area (Å²) < 4.78 is 27.8. The fraction of sp³-hybridized carbons (Fsp3) is 0.217. The lowest BCUT2D eigenvalue weighted by Crippen LogP contribution is -2.34. The van der Waals surface area contributed by atoms with Crippen LogP contribution in [0.2, 0.25) is 10.0 Å². The van der Waals surface area contributed by atoms with Crippen LogP contribution in [0.5, 0.6) is 0 Å². The van der Waals surface area contributed by atoms with Crippen LogP contribution in [0.4, 0.5) is 16.4 Å². The molecule has 0 saturated heterocycles. The van der Waals surface area contributed by atoms with Crippen LogP contribution in [0.25, 0.3) is 0 Å². The summed E-state index contributed by atoms with van der Waals surface area (Å²) in [6, 6.07) is 10.8. The van der Waals surface area contributed by atoms with E-state index in [1.165, 1.54) is 42.5 Å². The molecule has 2 N–H and O–H groups in total. The Kier molecular flexibility index (Phi) is 8.31. The smallest absolute Gasteiger partial charge is 0.308 e. The van der Waals surface area contributed by atoms with Gasteiger partial charge in [0.1, 0.15) is 0 Å². The number of benzene rings is 2. The molecule has 1 aromatic heterocycles. The average molecular weight is 536 g/mol. The number of nitrogens with zero attached hydrogens (tertiary/aromatic N) is 3. The molecule has 1 heterocycles. The lowest BCUT2D eigenvalue weighted by Gasteiger charge is -2.22. The monoisotopic (exact) mass is 535 g/mol. The van der Waals surface area contributed by atoms with E-state index in [-0.39, 0.29) is 33.7 Å². The van der Waals surface area contributed by atoms with Crippen LogP contribution in [0.15, 0.2) is 53.4 Å². The quantitative estimate of drug-likeness (QED) is 0.440. The fourth-order valence-electron chi connectivity index (χ4n) is 3.19. The van der Waals surface area contributed by atoms with Gasteiger partial charge in [-0.15, -0.1) is 0 Å². The van der Waals surface area contributed by atoms with Crippen molar-refractivity contribution in [1.82, 2.24) is 15.3 Å². The molecular weight excluding hydrogens is 513 g/mol. The first kappa shape index (κ1) is 26.4. The molecule has 0 radical (unpaired) electrons. The molecule has 3 aromatic rings. The van der Waals surface area contributed by atoms with Crippen LogP contribution < -0.4 is 14.9 Å². The van der Waals surface area contributed by atoms with Crippen molar-refractivity contribution in [1.29, 1.82) is 0 Å². The van der Waals surface area contributed by atoms with Gasteiger partial charge in [0, 0.05) is 28.6 Å². The molecule has 0 aliphatic heterocycles. The second-order valence-corrected chi connectivity index (χ2v) is 10.3. The molecular formula is C23H23Cl2N5O4S. The number of sulfonamides is 1. The molecule has 0 unspecified atom stereocenters. The number of halogens is 2. The summed E-state index contributed by atoms with van der Waals surface area (Å²) in [7, 11) is -3.96. The van der Waals surface area contributed by atoms with Gasteiger partial charge in [-0.3, -0.25) is 10.1 Å². The van der Waals surface area contributed by atoms with Crippen molar-refractivity contribution >= 4 is 56.8 Å². The molecule has 0 spiro atoms. The van der Waals surface area contributed by atoms with Crippen LogP contribution >= 0.6 is 23.2 Å². The first-order valence-corrected chi connectivity index (χ1v) is 12.7. The molecule has 0 aliphatic carbocycles. The van der Waals surface area contributed by atoms with Crippen molar-refractivity contribution in [3.8, 4) is 0 Å². The normalized spacial score (nSPS) is 11.1. The Morgan fingerprint density at radius 2 is 1.60 bits per heavy atom. The Balaban J connectivity index is 1.75. The minimum atomic E-state index is -3.96. The van der Waals surface area contributed by atoms with E-state index in [2.05, 4.69) is 20.6 Å². The molecule has 0 saturated carbocycles. The zero-order valence-electron chi connectivity index (χ0n) is 19.2. The largest absolute Gasteiger partial charge is 0.326 e. The summed E-state index contributed by atoms with van der Waals surface area (Å²) in [5, 5.41) is 5.09. The van der Waals surface area contributed by atoms with Gasteiger partial charge in [-0.05, 0) is 68.8 Å². The third-order valence-corrected chi connectivity index (χ3v) is 7.07. The van der Waals surface area contributed by atoms with Crippen LogP contribution in [0, 0.1) is 13.8 Å². The van der Waals surface area contributed by atoms with Gasteiger partial charge in [-0.25, -0.2) is 27.5 Å². The van der Waals surface area contributed by atoms with Crippen molar-refractivity contribution in [2.45, 2.75) is 32.1 Å². The summed E-state index contributed by atoms with van der Waals surface area (Å²) >= 11 is 11.8. The number of rotatable bonds is 7. The summed E-state index contributed by atoms with van der Waals surface area (Å²) in [4.78, 5) is 33.1. The van der Waals surface area contributed by atoms with Crippen LogP contribution in [0.1, 0.15) is 35.1 Å². The lowest BCUT2D eigenvalue weighted by atomic mass is 10.2. The number of imide groups is 1. The Labute approximate surface area is 213 Å². The van der Waals surface area contributed by atoms with E-state index in [0.29, 0.717) is 22.8 Å². The molecule has 12 heteroatoms. The Morgan fingerprint density at radius 3 is 2.17 bits per heavy atom. The number of hydrogen-bond acceptors (Lipinski definition) is 6. The highest BCUT2D eigenvalue weighted by molar-refractivity contribution is 7.92. The maximum Gasteiger partial charge on any atom is 0.326 e. The predicted molar refractivity (Wildman–Crippen MR) is 136 cm³/mol. The number of nitrogens with one attached hydrogen (secondary N) is 2. The number of aromatic nitrogens is 2. The third-order valence-electron chi connectivity index (χ3n) is 4.72. The number of anilines is 2. The molecule has 9 nitrogen and oxygen atoms in total. The molecule has 3 amide bonds. The van der Waals surface area contributed by atoms with Crippen molar-refractivity contribution in [2.75, 3.05) is 16.2 Å². The topological polar surface area (TPSA) is 121 Å². The molecule has 0 fully saturated rings. The van der Waals surface area contributed by atoms with Gasteiger partial charge in [-0.2, -0.15) is 0 Å². The minimum Gasteiger partial charge on any atom is -0.308 e. The Bertz CT molecular complexity index is 1340. The highest BCUT2D eigenvalue weighted by Gasteiger charge is 2.27. The SMILES string of the molecule is CCCN(c1nc(C)cc(C)n1)S(=O)(=O)c1ccc(NC(=O)NC(=O)c2ccc(Cl)cc2Cl)cc1. The van der Waals surface area contributed by atoms with Gasteiger partial charge in [-0.1, -0.05) is 30.1 Å². The standard InChI is InChI=1S/C23H23Cl2N5O4S/c1-4-11-30(22-26-14(2)12-15(3)27-22)35(33,34)18-8-6-17(7-9-18)28-23(32)29-21(31)19-10-5-16(24)13-20(19)25/h5-10,12-13H,4,11H2,1-3H3,(H2,28,29,31,32). The summed E-state index contributed by atoms with van der Waals surface area (Å²) in [5.41, 5.74) is 1.67. The molecule has 0 atom stereocenters. The highest BCUT2D eigenvalue weighted by atomic mass is 35.5. The predicted octanol–water partition coefficient (Wildman–Crippen LogP) is 4.97. The summed E-state index contributed by atoms with van der Waals surface area (Å²) in [6.45, 7) is 5.59. The number of carbonyl (C=O) groups excluding carboxylic acids is 2. The summed E-state index contributed by atoms with van der Waals surface area (Å²) in [5.74, 6) is -0.614. The van der Waals surface area contributed by atoms with Gasteiger partial charge in [0.15, 0.2) is 0 Å². The van der Waals surface area contributed by atoms with Crippen molar-refractivity contribution < 1.29 is 18.0 Å². The maximum atomic E-state index is 13.3. The number of aryl methyl sites for hydroxylation is 2. The van der Waals surface area contributed by atoms with E-state index >= 15 is 0 Å². The second kappa shape index (κ2) is 11.0. The van der Waals surface area contributed by atoms with Gasteiger partial charge < -0.3 is 5.32 Å². The van der Waals surface area contributed by atoms with E-state index in [0.717, 1.165) is 4.31 Å². The second-order valence-electron chi connectivity index (χ2n) is 7.58. The van der Waals surface area contributed by atoms with Gasteiger partial charge in [0.2, 0.25) is 5.95 Å². The van der Waals surface area contributed by atoms with Gasteiger partial charge in [0.25, 0.3) is 15.9 Å². The fourth-order valence-corrected chi connectivity index (χ4v) is 5.14. The van der Waals surface area contributed by atoms with Crippen molar-refractivity contribution in [3.05, 3.63) is 75.5 Å². The van der Waals surface area contributed by atoms with Crippen LogP contribution in [0.3, 0.4) is 0 Å². The van der Waals surface area contributed by atoms with E-state index in [4.69, 9.17) is 23.2 Å². The van der Waals surface area contributed by atoms with E-state index in [9.17, 15) is 18.0 Å². The molecule has 2 aromatic carbocycles. The van der Waals surface area contributed by atoms with Crippen LogP contribution in [-0.4, -0.2) is 36.9 Å². The number of carbonyl (C=O) groups is 2. The number of urea groups is 1. The Morgan fingerprint density at radius 1 is 0.971 bits per heavy atom. The molecule has 0 bridgehead atoms. The first-order valence-electron chi connectivity index (χ1n) is 10.5. The number of amides is 3. The molecule has 3 rings (SSSR count). The maximum absolute atomic E-state index is 13.3. The third kappa shape index (κ3) is 6.47. The van der Waals surface area contributed by atoms with E-state index in [1.54, 1.807) is 19.9 Å². The molecule has 184 valence electrons. The van der Waals surface area contributed by atoms with Crippen molar-refractivity contribution in [2.24, 2.45) is 0 Å². The lowest BCUT2D eigenvalue weighted by molar-refractivity contribution is 0.0967.